The van der Waals surface area contributed by atoms with Crippen LogP contribution in [0, 0.1) is 0 Å². The van der Waals surface area contributed by atoms with Crippen LogP contribution in [0.4, 0.5) is 8.78 Å². The minimum absolute atomic E-state index is 0.132. The molecule has 0 aliphatic carbocycles. The highest BCUT2D eigenvalue weighted by Crippen LogP contribution is 2.26. The standard InChI is InChI=1S/C15H15F2NO4/c1-2-22-14(21)15(16,17)8-5-9-18-12(19)10-6-3-4-7-11(10)13(18)20/h3-4,6-7H,2,5,8-9H2,1H3. The fourth-order valence-corrected chi connectivity index (χ4v) is 2.24. The number of carbonyl (C=O) groups excluding carboxylic acids is 3. The lowest BCUT2D eigenvalue weighted by Crippen LogP contribution is -2.34. The molecule has 5 nitrogen and oxygen atoms in total. The number of hydrogen-bond acceptors (Lipinski definition) is 4. The van der Waals surface area contributed by atoms with Gasteiger partial charge in [-0.3, -0.25) is 14.5 Å². The summed E-state index contributed by atoms with van der Waals surface area (Å²) in [5, 5.41) is 0. The summed E-state index contributed by atoms with van der Waals surface area (Å²) in [6.45, 7) is 1.14. The molecule has 0 radical (unpaired) electrons. The van der Waals surface area contributed by atoms with Gasteiger partial charge in [-0.1, -0.05) is 12.1 Å². The second kappa shape index (κ2) is 6.21. The quantitative estimate of drug-likeness (QED) is 0.597. The maximum Gasteiger partial charge on any atom is 0.376 e. The van der Waals surface area contributed by atoms with Crippen LogP contribution in [0.5, 0.6) is 0 Å². The summed E-state index contributed by atoms with van der Waals surface area (Å²) in [5.74, 6) is -6.20. The van der Waals surface area contributed by atoms with E-state index in [1.54, 1.807) is 12.1 Å². The van der Waals surface area contributed by atoms with Crippen LogP contribution in [0.1, 0.15) is 40.5 Å². The monoisotopic (exact) mass is 311 g/mol. The van der Waals surface area contributed by atoms with E-state index >= 15 is 0 Å². The molecule has 1 aromatic rings. The van der Waals surface area contributed by atoms with E-state index in [-0.39, 0.29) is 30.7 Å². The van der Waals surface area contributed by atoms with Crippen molar-refractivity contribution >= 4 is 17.8 Å². The molecule has 2 amide bonds. The Morgan fingerprint density at radius 3 is 2.23 bits per heavy atom. The van der Waals surface area contributed by atoms with Crippen LogP contribution in [0.15, 0.2) is 24.3 Å². The zero-order valence-electron chi connectivity index (χ0n) is 12.0. The number of amides is 2. The Bertz CT molecular complexity index is 580. The van der Waals surface area contributed by atoms with E-state index in [1.807, 2.05) is 0 Å². The SMILES string of the molecule is CCOC(=O)C(F)(F)CCCN1C(=O)c2ccccc2C1=O. The lowest BCUT2D eigenvalue weighted by molar-refractivity contribution is -0.172. The van der Waals surface area contributed by atoms with Gasteiger partial charge in [-0.2, -0.15) is 8.78 Å². The minimum atomic E-state index is -3.62. The third-order valence-corrected chi connectivity index (χ3v) is 3.32. The molecule has 1 aromatic carbocycles. The highest BCUT2D eigenvalue weighted by Gasteiger charge is 2.41. The fourth-order valence-electron chi connectivity index (χ4n) is 2.24. The number of benzene rings is 1. The molecule has 0 N–H and O–H groups in total. The summed E-state index contributed by atoms with van der Waals surface area (Å²) in [4.78, 5) is 36.1. The number of alkyl halides is 2. The minimum Gasteiger partial charge on any atom is -0.462 e. The molecule has 2 rings (SSSR count). The first-order chi connectivity index (χ1) is 10.4. The molecular formula is C15H15F2NO4. The largest absolute Gasteiger partial charge is 0.462 e. The average Bonchev–Trinajstić information content (AvgIpc) is 2.73. The Kier molecular flexibility index (Phi) is 4.54. The summed E-state index contributed by atoms with van der Waals surface area (Å²) >= 11 is 0. The van der Waals surface area contributed by atoms with Crippen LogP contribution >= 0.6 is 0 Å². The van der Waals surface area contributed by atoms with Gasteiger partial charge in [0.25, 0.3) is 11.8 Å². The van der Waals surface area contributed by atoms with Gasteiger partial charge >= 0.3 is 11.9 Å². The topological polar surface area (TPSA) is 63.7 Å². The van der Waals surface area contributed by atoms with Gasteiger partial charge in [0.05, 0.1) is 17.7 Å². The molecule has 118 valence electrons. The number of imide groups is 1. The van der Waals surface area contributed by atoms with E-state index in [4.69, 9.17) is 0 Å². The molecule has 0 unspecified atom stereocenters. The molecule has 1 heterocycles. The molecule has 0 saturated carbocycles. The van der Waals surface area contributed by atoms with E-state index in [0.717, 1.165) is 4.90 Å². The molecule has 0 saturated heterocycles. The summed E-state index contributed by atoms with van der Waals surface area (Å²) in [6.07, 6.45) is -0.962. The van der Waals surface area contributed by atoms with Gasteiger partial charge in [-0.15, -0.1) is 0 Å². The summed E-state index contributed by atoms with van der Waals surface area (Å²) in [7, 11) is 0. The maximum atomic E-state index is 13.5. The predicted octanol–water partition coefficient (Wildman–Crippen LogP) is 2.26. The van der Waals surface area contributed by atoms with Crippen molar-refractivity contribution in [3.8, 4) is 0 Å². The predicted molar refractivity (Wildman–Crippen MR) is 72.6 cm³/mol. The van der Waals surface area contributed by atoms with Gasteiger partial charge in [0, 0.05) is 13.0 Å². The van der Waals surface area contributed by atoms with Crippen LogP contribution in [0.25, 0.3) is 0 Å². The third kappa shape index (κ3) is 2.98. The van der Waals surface area contributed by atoms with Crippen molar-refractivity contribution in [2.75, 3.05) is 13.2 Å². The van der Waals surface area contributed by atoms with E-state index in [1.165, 1.54) is 19.1 Å². The number of ether oxygens (including phenoxy) is 1. The molecule has 1 aliphatic rings. The molecule has 7 heteroatoms. The Hall–Kier alpha value is -2.31. The van der Waals surface area contributed by atoms with Crippen LogP contribution in [-0.2, 0) is 9.53 Å². The maximum absolute atomic E-state index is 13.5. The molecule has 0 bridgehead atoms. The normalized spacial score (nSPS) is 14.2. The third-order valence-electron chi connectivity index (χ3n) is 3.32. The van der Waals surface area contributed by atoms with E-state index < -0.39 is 30.1 Å². The van der Waals surface area contributed by atoms with E-state index in [9.17, 15) is 23.2 Å². The van der Waals surface area contributed by atoms with Crippen molar-refractivity contribution in [2.45, 2.75) is 25.7 Å². The molecule has 0 atom stereocenters. The second-order valence-electron chi connectivity index (χ2n) is 4.84. The summed E-state index contributed by atoms with van der Waals surface area (Å²) < 4.78 is 31.2. The zero-order valence-corrected chi connectivity index (χ0v) is 12.0. The number of hydrogen-bond donors (Lipinski definition) is 0. The van der Waals surface area contributed by atoms with Crippen LogP contribution < -0.4 is 0 Å². The van der Waals surface area contributed by atoms with E-state index in [2.05, 4.69) is 4.74 Å². The Morgan fingerprint density at radius 1 is 1.18 bits per heavy atom. The van der Waals surface area contributed by atoms with Crippen molar-refractivity contribution in [1.29, 1.82) is 0 Å². The molecule has 0 fully saturated rings. The van der Waals surface area contributed by atoms with Crippen LogP contribution in [0.3, 0.4) is 0 Å². The van der Waals surface area contributed by atoms with Crippen molar-refractivity contribution in [1.82, 2.24) is 4.90 Å². The Morgan fingerprint density at radius 2 is 1.73 bits per heavy atom. The number of halogens is 2. The molecular weight excluding hydrogens is 296 g/mol. The lowest BCUT2D eigenvalue weighted by atomic mass is 10.1. The van der Waals surface area contributed by atoms with Gasteiger partial charge in [0.2, 0.25) is 0 Å². The Labute approximate surface area is 125 Å². The van der Waals surface area contributed by atoms with Gasteiger partial charge in [0.1, 0.15) is 0 Å². The first kappa shape index (κ1) is 16.1. The van der Waals surface area contributed by atoms with Crippen molar-refractivity contribution in [3.05, 3.63) is 35.4 Å². The Balaban J connectivity index is 1.95. The second-order valence-corrected chi connectivity index (χ2v) is 4.84. The first-order valence-electron chi connectivity index (χ1n) is 6.88. The zero-order chi connectivity index (χ0) is 16.3. The van der Waals surface area contributed by atoms with Crippen molar-refractivity contribution in [2.24, 2.45) is 0 Å². The molecule has 0 spiro atoms. The lowest BCUT2D eigenvalue weighted by Gasteiger charge is -2.17. The smallest absolute Gasteiger partial charge is 0.376 e. The number of carbonyl (C=O) groups is 3. The van der Waals surface area contributed by atoms with Crippen LogP contribution in [0.2, 0.25) is 0 Å². The highest BCUT2D eigenvalue weighted by molar-refractivity contribution is 6.21. The van der Waals surface area contributed by atoms with Gasteiger partial charge in [-0.25, -0.2) is 4.79 Å². The summed E-state index contributed by atoms with van der Waals surface area (Å²) in [6, 6.07) is 6.29. The molecule has 0 aromatic heterocycles. The average molecular weight is 311 g/mol. The molecule has 1 aliphatic heterocycles. The number of esters is 1. The first-order valence-corrected chi connectivity index (χ1v) is 6.88. The molecule has 22 heavy (non-hydrogen) atoms. The van der Waals surface area contributed by atoms with Gasteiger partial charge in [-0.05, 0) is 25.5 Å². The highest BCUT2D eigenvalue weighted by atomic mass is 19.3. The summed E-state index contributed by atoms with van der Waals surface area (Å²) in [5.41, 5.74) is 0.536. The number of nitrogens with zero attached hydrogens (tertiary/aromatic N) is 1. The number of rotatable bonds is 6. The van der Waals surface area contributed by atoms with E-state index in [0.29, 0.717) is 0 Å². The number of fused-ring (bicyclic) bond motifs is 1. The van der Waals surface area contributed by atoms with Crippen molar-refractivity contribution < 1.29 is 27.9 Å². The fraction of sp³-hybridized carbons (Fsp3) is 0.400. The van der Waals surface area contributed by atoms with Gasteiger partial charge in [0.15, 0.2) is 0 Å². The van der Waals surface area contributed by atoms with Crippen molar-refractivity contribution in [3.63, 3.8) is 0 Å². The van der Waals surface area contributed by atoms with Gasteiger partial charge < -0.3 is 4.74 Å². The van der Waals surface area contributed by atoms with Crippen LogP contribution in [-0.4, -0.2) is 41.8 Å².